The zero-order chi connectivity index (χ0) is 14.7. The number of hydrogen-bond donors (Lipinski definition) is 1. The van der Waals surface area contributed by atoms with Crippen molar-refractivity contribution in [1.29, 1.82) is 0 Å². The Morgan fingerprint density at radius 3 is 2.77 bits per heavy atom. The van der Waals surface area contributed by atoms with Crippen LogP contribution in [-0.2, 0) is 13.5 Å². The van der Waals surface area contributed by atoms with Gasteiger partial charge in [0, 0.05) is 39.9 Å². The number of halogens is 1. The molecule has 0 radical (unpaired) electrons. The van der Waals surface area contributed by atoms with Gasteiger partial charge in [0.1, 0.15) is 0 Å². The van der Waals surface area contributed by atoms with Crippen LogP contribution in [0.2, 0.25) is 0 Å². The van der Waals surface area contributed by atoms with Crippen LogP contribution in [0, 0.1) is 5.41 Å². The highest BCUT2D eigenvalue weighted by Gasteiger charge is 2.43. The van der Waals surface area contributed by atoms with Crippen LogP contribution in [0.4, 0.5) is 0 Å². The maximum absolute atomic E-state index is 4.46. The molecule has 2 fully saturated rings. The van der Waals surface area contributed by atoms with Crippen LogP contribution < -0.4 is 5.32 Å². The average Bonchev–Trinajstić information content (AvgIpc) is 3.05. The van der Waals surface area contributed by atoms with E-state index < -0.39 is 0 Å². The molecule has 2 aliphatic rings. The molecular formula is C16H28IN5. The van der Waals surface area contributed by atoms with E-state index in [4.69, 9.17) is 0 Å². The zero-order valence-electron chi connectivity index (χ0n) is 13.7. The van der Waals surface area contributed by atoms with E-state index in [1.165, 1.54) is 44.3 Å². The van der Waals surface area contributed by atoms with E-state index in [-0.39, 0.29) is 24.0 Å². The van der Waals surface area contributed by atoms with Crippen molar-refractivity contribution >= 4 is 29.9 Å². The minimum Gasteiger partial charge on any atom is -0.356 e. The van der Waals surface area contributed by atoms with Crippen LogP contribution in [0.25, 0.3) is 0 Å². The predicted molar refractivity (Wildman–Crippen MR) is 101 cm³/mol. The van der Waals surface area contributed by atoms with Crippen molar-refractivity contribution in [3.8, 4) is 0 Å². The van der Waals surface area contributed by atoms with Crippen molar-refractivity contribution in [2.45, 2.75) is 38.5 Å². The summed E-state index contributed by atoms with van der Waals surface area (Å²) in [5.74, 6) is 1.09. The van der Waals surface area contributed by atoms with Gasteiger partial charge in [0.2, 0.25) is 0 Å². The van der Waals surface area contributed by atoms with Crippen LogP contribution >= 0.6 is 24.0 Å². The van der Waals surface area contributed by atoms with E-state index in [0.717, 1.165) is 25.3 Å². The Morgan fingerprint density at radius 1 is 1.41 bits per heavy atom. The molecule has 124 valence electrons. The lowest BCUT2D eigenvalue weighted by atomic mass is 9.68. The van der Waals surface area contributed by atoms with E-state index in [2.05, 4.69) is 26.5 Å². The molecule has 1 aromatic rings. The molecule has 0 unspecified atom stereocenters. The minimum atomic E-state index is 0. The van der Waals surface area contributed by atoms with Gasteiger partial charge in [0.05, 0.1) is 6.20 Å². The zero-order valence-corrected chi connectivity index (χ0v) is 16.0. The number of nitrogens with zero attached hydrogens (tertiary/aromatic N) is 4. The molecule has 1 aliphatic carbocycles. The van der Waals surface area contributed by atoms with Gasteiger partial charge in [-0.15, -0.1) is 24.0 Å². The lowest BCUT2D eigenvalue weighted by Gasteiger charge is -2.38. The highest BCUT2D eigenvalue weighted by molar-refractivity contribution is 14.0. The summed E-state index contributed by atoms with van der Waals surface area (Å²) >= 11 is 0. The molecule has 0 amide bonds. The van der Waals surface area contributed by atoms with E-state index in [1.807, 2.05) is 25.0 Å². The fourth-order valence-corrected chi connectivity index (χ4v) is 3.63. The van der Waals surface area contributed by atoms with Gasteiger partial charge in [-0.25, -0.2) is 0 Å². The largest absolute Gasteiger partial charge is 0.356 e. The number of aryl methyl sites for hydroxylation is 2. The van der Waals surface area contributed by atoms with Gasteiger partial charge >= 0.3 is 0 Å². The smallest absolute Gasteiger partial charge is 0.193 e. The van der Waals surface area contributed by atoms with Crippen LogP contribution in [0.3, 0.4) is 0 Å². The molecule has 6 heteroatoms. The third-order valence-electron chi connectivity index (χ3n) is 5.05. The van der Waals surface area contributed by atoms with Gasteiger partial charge in [-0.3, -0.25) is 9.67 Å². The molecule has 1 saturated carbocycles. The summed E-state index contributed by atoms with van der Waals surface area (Å²) in [5.41, 5.74) is 1.94. The molecule has 0 bridgehead atoms. The number of nitrogens with one attached hydrogen (secondary N) is 1. The molecule has 0 atom stereocenters. The third-order valence-corrected chi connectivity index (χ3v) is 5.05. The van der Waals surface area contributed by atoms with E-state index in [1.54, 1.807) is 0 Å². The molecule has 2 heterocycles. The van der Waals surface area contributed by atoms with Crippen molar-refractivity contribution in [3.05, 3.63) is 18.0 Å². The average molecular weight is 417 g/mol. The van der Waals surface area contributed by atoms with E-state index in [9.17, 15) is 0 Å². The number of aromatic nitrogens is 2. The van der Waals surface area contributed by atoms with Crippen molar-refractivity contribution in [2.75, 3.05) is 26.7 Å². The SMILES string of the molecule is CN=C(NCCCc1cnn(C)c1)N1CCC2(CCC2)C1.I. The molecular weight excluding hydrogens is 389 g/mol. The Labute approximate surface area is 150 Å². The van der Waals surface area contributed by atoms with Crippen LogP contribution in [0.1, 0.15) is 37.7 Å². The van der Waals surface area contributed by atoms with E-state index in [0.29, 0.717) is 5.41 Å². The van der Waals surface area contributed by atoms with Gasteiger partial charge in [0.15, 0.2) is 5.96 Å². The molecule has 1 saturated heterocycles. The molecule has 1 aliphatic heterocycles. The third kappa shape index (κ3) is 3.94. The normalized spacial score (nSPS) is 19.9. The first-order chi connectivity index (χ1) is 10.2. The van der Waals surface area contributed by atoms with Crippen molar-refractivity contribution in [2.24, 2.45) is 17.5 Å². The van der Waals surface area contributed by atoms with Gasteiger partial charge in [0.25, 0.3) is 0 Å². The number of aliphatic imine (C=N–C) groups is 1. The lowest BCUT2D eigenvalue weighted by molar-refractivity contribution is 0.151. The second-order valence-corrected chi connectivity index (χ2v) is 6.62. The Hall–Kier alpha value is -0.790. The monoisotopic (exact) mass is 417 g/mol. The van der Waals surface area contributed by atoms with Gasteiger partial charge in [-0.05, 0) is 43.1 Å². The maximum atomic E-state index is 4.46. The fraction of sp³-hybridized carbons (Fsp3) is 0.750. The molecule has 0 aromatic carbocycles. The number of likely N-dealkylation sites (tertiary alicyclic amines) is 1. The van der Waals surface area contributed by atoms with E-state index >= 15 is 0 Å². The van der Waals surface area contributed by atoms with Crippen LogP contribution in [-0.4, -0.2) is 47.3 Å². The summed E-state index contributed by atoms with van der Waals surface area (Å²) < 4.78 is 1.87. The first kappa shape index (κ1) is 17.6. The summed E-state index contributed by atoms with van der Waals surface area (Å²) in [7, 11) is 3.86. The quantitative estimate of drug-likeness (QED) is 0.354. The summed E-state index contributed by atoms with van der Waals surface area (Å²) in [6, 6.07) is 0. The Balaban J connectivity index is 0.00000176. The molecule has 1 aromatic heterocycles. The van der Waals surface area contributed by atoms with Crippen LogP contribution in [0.15, 0.2) is 17.4 Å². The highest BCUT2D eigenvalue weighted by Crippen LogP contribution is 2.47. The summed E-state index contributed by atoms with van der Waals surface area (Å²) in [4.78, 5) is 6.91. The number of guanidine groups is 1. The van der Waals surface area contributed by atoms with Gasteiger partial charge in [-0.2, -0.15) is 5.10 Å². The Bertz CT molecular complexity index is 506. The van der Waals surface area contributed by atoms with Crippen LogP contribution in [0.5, 0.6) is 0 Å². The Morgan fingerprint density at radius 2 is 2.23 bits per heavy atom. The Kier molecular flexibility index (Phi) is 6.11. The summed E-state index contributed by atoms with van der Waals surface area (Å²) in [6.45, 7) is 3.35. The number of hydrogen-bond acceptors (Lipinski definition) is 2. The lowest BCUT2D eigenvalue weighted by Crippen LogP contribution is -2.42. The standard InChI is InChI=1S/C16H27N5.HI/c1-17-15(21-10-8-16(13-21)6-4-7-16)18-9-3-5-14-11-19-20(2)12-14;/h11-12H,3-10,13H2,1-2H3,(H,17,18);1H. The van der Waals surface area contributed by atoms with Gasteiger partial charge in [-0.1, -0.05) is 6.42 Å². The fourth-order valence-electron chi connectivity index (χ4n) is 3.63. The number of rotatable bonds is 4. The molecule has 3 rings (SSSR count). The first-order valence-corrected chi connectivity index (χ1v) is 8.14. The molecule has 1 N–H and O–H groups in total. The van der Waals surface area contributed by atoms with Crippen molar-refractivity contribution < 1.29 is 0 Å². The minimum absolute atomic E-state index is 0. The molecule has 22 heavy (non-hydrogen) atoms. The van der Waals surface area contributed by atoms with Gasteiger partial charge < -0.3 is 10.2 Å². The second-order valence-electron chi connectivity index (χ2n) is 6.62. The molecule has 1 spiro atoms. The summed E-state index contributed by atoms with van der Waals surface area (Å²) in [5, 5.41) is 7.73. The maximum Gasteiger partial charge on any atom is 0.193 e. The molecule has 5 nitrogen and oxygen atoms in total. The highest BCUT2D eigenvalue weighted by atomic mass is 127. The second kappa shape index (κ2) is 7.66. The predicted octanol–water partition coefficient (Wildman–Crippen LogP) is 2.42. The first-order valence-electron chi connectivity index (χ1n) is 8.14. The van der Waals surface area contributed by atoms with Crippen molar-refractivity contribution in [1.82, 2.24) is 20.0 Å². The van der Waals surface area contributed by atoms with Crippen molar-refractivity contribution in [3.63, 3.8) is 0 Å². The summed E-state index contributed by atoms with van der Waals surface area (Å²) in [6.07, 6.45) is 11.8. The topological polar surface area (TPSA) is 45.5 Å².